The van der Waals surface area contributed by atoms with Crippen LogP contribution >= 0.6 is 0 Å². The van der Waals surface area contributed by atoms with Crippen molar-refractivity contribution in [3.8, 4) is 5.75 Å². The number of likely N-dealkylation sites (tertiary alicyclic amines) is 1. The summed E-state index contributed by atoms with van der Waals surface area (Å²) in [7, 11) is 1.65. The topological polar surface area (TPSA) is 58.6 Å². The SMILES string of the molecule is COc1ccc(CCNC(=O)[C@H]2CCCN(C(=O)c3cccc4ccccc34)C2)cc1. The number of amides is 2. The number of nitrogens with one attached hydrogen (secondary N) is 1. The highest BCUT2D eigenvalue weighted by Crippen LogP contribution is 2.23. The lowest BCUT2D eigenvalue weighted by atomic mass is 9.95. The van der Waals surface area contributed by atoms with Crippen molar-refractivity contribution >= 4 is 22.6 Å². The van der Waals surface area contributed by atoms with E-state index in [1.165, 1.54) is 0 Å². The fourth-order valence-corrected chi connectivity index (χ4v) is 4.22. The Bertz CT molecular complexity index is 1060. The fraction of sp³-hybridized carbons (Fsp3) is 0.308. The van der Waals surface area contributed by atoms with Crippen LogP contribution in [0.25, 0.3) is 10.8 Å². The molecule has 0 spiro atoms. The van der Waals surface area contributed by atoms with E-state index in [-0.39, 0.29) is 17.7 Å². The quantitative estimate of drug-likeness (QED) is 0.659. The van der Waals surface area contributed by atoms with Crippen LogP contribution in [0.5, 0.6) is 5.75 Å². The van der Waals surface area contributed by atoms with Gasteiger partial charge in [-0.05, 0) is 53.8 Å². The molecule has 0 radical (unpaired) electrons. The molecule has 31 heavy (non-hydrogen) atoms. The van der Waals surface area contributed by atoms with E-state index in [1.807, 2.05) is 71.6 Å². The number of benzene rings is 3. The smallest absolute Gasteiger partial charge is 0.254 e. The number of methoxy groups -OCH3 is 1. The third-order valence-corrected chi connectivity index (χ3v) is 5.97. The summed E-state index contributed by atoms with van der Waals surface area (Å²) in [6.07, 6.45) is 2.42. The van der Waals surface area contributed by atoms with Crippen molar-refractivity contribution in [2.24, 2.45) is 5.92 Å². The summed E-state index contributed by atoms with van der Waals surface area (Å²) in [6, 6.07) is 21.6. The molecule has 1 heterocycles. The van der Waals surface area contributed by atoms with Crippen LogP contribution in [0.2, 0.25) is 0 Å². The average Bonchev–Trinajstić information content (AvgIpc) is 2.83. The monoisotopic (exact) mass is 416 g/mol. The molecule has 0 aliphatic carbocycles. The number of rotatable bonds is 6. The van der Waals surface area contributed by atoms with Crippen molar-refractivity contribution in [1.29, 1.82) is 0 Å². The van der Waals surface area contributed by atoms with E-state index in [4.69, 9.17) is 4.74 Å². The van der Waals surface area contributed by atoms with Gasteiger partial charge in [0.25, 0.3) is 5.91 Å². The van der Waals surface area contributed by atoms with Crippen LogP contribution in [0.1, 0.15) is 28.8 Å². The maximum Gasteiger partial charge on any atom is 0.254 e. The average molecular weight is 417 g/mol. The number of fused-ring (bicyclic) bond motifs is 1. The molecule has 1 atom stereocenters. The zero-order valence-electron chi connectivity index (χ0n) is 17.8. The van der Waals surface area contributed by atoms with Gasteiger partial charge in [-0.1, -0.05) is 48.5 Å². The van der Waals surface area contributed by atoms with Crippen LogP contribution in [0.4, 0.5) is 0 Å². The summed E-state index contributed by atoms with van der Waals surface area (Å²) in [5, 5.41) is 5.06. The van der Waals surface area contributed by atoms with Crippen molar-refractivity contribution < 1.29 is 14.3 Å². The minimum atomic E-state index is -0.163. The predicted molar refractivity (Wildman–Crippen MR) is 122 cm³/mol. The van der Waals surface area contributed by atoms with E-state index in [2.05, 4.69) is 5.32 Å². The van der Waals surface area contributed by atoms with Crippen LogP contribution in [-0.2, 0) is 11.2 Å². The molecule has 1 N–H and O–H groups in total. The van der Waals surface area contributed by atoms with Gasteiger partial charge < -0.3 is 15.0 Å². The van der Waals surface area contributed by atoms with Gasteiger partial charge in [-0.25, -0.2) is 0 Å². The Balaban J connectivity index is 1.35. The minimum Gasteiger partial charge on any atom is -0.497 e. The second-order valence-corrected chi connectivity index (χ2v) is 8.01. The summed E-state index contributed by atoms with van der Waals surface area (Å²) in [4.78, 5) is 27.8. The van der Waals surface area contributed by atoms with Crippen LogP contribution in [0.3, 0.4) is 0 Å². The molecule has 3 aromatic rings. The maximum atomic E-state index is 13.2. The number of hydrogen-bond donors (Lipinski definition) is 1. The number of ether oxygens (including phenoxy) is 1. The Kier molecular flexibility index (Phi) is 6.51. The molecule has 1 aliphatic heterocycles. The molecule has 0 aromatic heterocycles. The van der Waals surface area contributed by atoms with E-state index in [1.54, 1.807) is 7.11 Å². The standard InChI is InChI=1S/C26H28N2O3/c1-31-22-13-11-19(12-14-22)15-16-27-25(29)21-8-5-17-28(18-21)26(30)24-10-4-7-20-6-2-3-9-23(20)24/h2-4,6-7,9-14,21H,5,8,15-18H2,1H3,(H,27,29)/t21-/m0/s1. The van der Waals surface area contributed by atoms with Crippen LogP contribution in [0.15, 0.2) is 66.7 Å². The fourth-order valence-electron chi connectivity index (χ4n) is 4.22. The number of carbonyl (C=O) groups excluding carboxylic acids is 2. The number of nitrogens with zero attached hydrogens (tertiary/aromatic N) is 1. The van der Waals surface area contributed by atoms with Gasteiger partial charge in [-0.3, -0.25) is 9.59 Å². The Morgan fingerprint density at radius 3 is 2.61 bits per heavy atom. The highest BCUT2D eigenvalue weighted by Gasteiger charge is 2.29. The van der Waals surface area contributed by atoms with E-state index < -0.39 is 0 Å². The summed E-state index contributed by atoms with van der Waals surface area (Å²) in [5.74, 6) is 0.700. The molecule has 0 bridgehead atoms. The highest BCUT2D eigenvalue weighted by molar-refractivity contribution is 6.07. The minimum absolute atomic E-state index is 0.00697. The zero-order chi connectivity index (χ0) is 21.6. The largest absolute Gasteiger partial charge is 0.497 e. The Labute approximate surface area is 183 Å². The molecule has 2 amide bonds. The second kappa shape index (κ2) is 9.65. The Hall–Kier alpha value is -3.34. The molecule has 1 saturated heterocycles. The molecular weight excluding hydrogens is 388 g/mol. The lowest BCUT2D eigenvalue weighted by Gasteiger charge is -2.32. The van der Waals surface area contributed by atoms with Crippen LogP contribution in [0, 0.1) is 5.92 Å². The summed E-state index contributed by atoms with van der Waals surface area (Å²) in [5.41, 5.74) is 1.86. The van der Waals surface area contributed by atoms with Crippen molar-refractivity contribution in [1.82, 2.24) is 10.2 Å². The third-order valence-electron chi connectivity index (χ3n) is 5.97. The number of hydrogen-bond acceptors (Lipinski definition) is 3. The number of piperidine rings is 1. The molecule has 1 aliphatic rings. The van der Waals surface area contributed by atoms with Crippen molar-refractivity contribution in [3.05, 3.63) is 77.9 Å². The third kappa shape index (κ3) is 4.88. The molecule has 5 heteroatoms. The van der Waals surface area contributed by atoms with E-state index in [9.17, 15) is 9.59 Å². The molecule has 160 valence electrons. The molecule has 0 unspecified atom stereocenters. The Morgan fingerprint density at radius 2 is 1.81 bits per heavy atom. The van der Waals surface area contributed by atoms with Gasteiger partial charge in [0.1, 0.15) is 5.75 Å². The first-order chi connectivity index (χ1) is 15.2. The van der Waals surface area contributed by atoms with E-state index >= 15 is 0 Å². The van der Waals surface area contributed by atoms with Crippen molar-refractivity contribution in [2.45, 2.75) is 19.3 Å². The van der Waals surface area contributed by atoms with Crippen molar-refractivity contribution in [3.63, 3.8) is 0 Å². The van der Waals surface area contributed by atoms with Gasteiger partial charge in [0.15, 0.2) is 0 Å². The molecule has 1 fully saturated rings. The first-order valence-corrected chi connectivity index (χ1v) is 10.8. The van der Waals surface area contributed by atoms with Gasteiger partial charge in [0.2, 0.25) is 5.91 Å². The van der Waals surface area contributed by atoms with E-state index in [0.29, 0.717) is 25.2 Å². The second-order valence-electron chi connectivity index (χ2n) is 8.01. The molecule has 4 rings (SSSR count). The van der Waals surface area contributed by atoms with Gasteiger partial charge >= 0.3 is 0 Å². The van der Waals surface area contributed by atoms with Crippen LogP contribution in [-0.4, -0.2) is 43.5 Å². The zero-order valence-corrected chi connectivity index (χ0v) is 17.8. The molecule has 5 nitrogen and oxygen atoms in total. The predicted octanol–water partition coefficient (Wildman–Crippen LogP) is 4.06. The van der Waals surface area contributed by atoms with Crippen molar-refractivity contribution in [2.75, 3.05) is 26.7 Å². The number of carbonyl (C=O) groups is 2. The lowest BCUT2D eigenvalue weighted by molar-refractivity contribution is -0.126. The lowest BCUT2D eigenvalue weighted by Crippen LogP contribution is -2.45. The Morgan fingerprint density at radius 1 is 1.03 bits per heavy atom. The molecular formula is C26H28N2O3. The first-order valence-electron chi connectivity index (χ1n) is 10.8. The normalized spacial score (nSPS) is 16.2. The maximum absolute atomic E-state index is 13.2. The summed E-state index contributed by atoms with van der Waals surface area (Å²) >= 11 is 0. The molecule has 3 aromatic carbocycles. The highest BCUT2D eigenvalue weighted by atomic mass is 16.5. The van der Waals surface area contributed by atoms with Crippen LogP contribution < -0.4 is 10.1 Å². The van der Waals surface area contributed by atoms with Gasteiger partial charge in [0, 0.05) is 25.2 Å². The summed E-state index contributed by atoms with van der Waals surface area (Å²) < 4.78 is 5.17. The van der Waals surface area contributed by atoms with Gasteiger partial charge in [-0.15, -0.1) is 0 Å². The first kappa shape index (κ1) is 20.9. The molecule has 0 saturated carbocycles. The van der Waals surface area contributed by atoms with Gasteiger partial charge in [0.05, 0.1) is 13.0 Å². The summed E-state index contributed by atoms with van der Waals surface area (Å²) in [6.45, 7) is 1.74. The van der Waals surface area contributed by atoms with E-state index in [0.717, 1.165) is 41.3 Å². The van der Waals surface area contributed by atoms with Gasteiger partial charge in [-0.2, -0.15) is 0 Å².